The first-order chi connectivity index (χ1) is 15.1. The summed E-state index contributed by atoms with van der Waals surface area (Å²) in [6.07, 6.45) is 0.720. The highest BCUT2D eigenvalue weighted by Gasteiger charge is 2.70. The normalized spacial score (nSPS) is 32.6. The Kier molecular flexibility index (Phi) is 3.77. The fourth-order valence-electron chi connectivity index (χ4n) is 6.09. The van der Waals surface area contributed by atoms with Crippen LogP contribution in [0, 0.1) is 33.8 Å². The number of nitrogens with zero attached hydrogens (tertiary/aromatic N) is 5. The van der Waals surface area contributed by atoms with E-state index in [0.29, 0.717) is 5.69 Å². The molecule has 0 radical (unpaired) electrons. The zero-order valence-corrected chi connectivity index (χ0v) is 16.4. The van der Waals surface area contributed by atoms with E-state index in [-0.39, 0.29) is 53.9 Å². The van der Waals surface area contributed by atoms with E-state index in [2.05, 4.69) is 10.3 Å². The van der Waals surface area contributed by atoms with Crippen molar-refractivity contribution in [3.05, 3.63) is 70.3 Å². The van der Waals surface area contributed by atoms with Gasteiger partial charge in [-0.25, -0.2) is 5.01 Å². The number of hydrogen-bond acceptors (Lipinski definition) is 7. The largest absolute Gasteiger partial charge is 0.294 e. The predicted octanol–water partition coefficient (Wildman–Crippen LogP) is 2.97. The Morgan fingerprint density at radius 1 is 0.968 bits per heavy atom. The maximum absolute atomic E-state index is 13.3. The molecule has 3 fully saturated rings. The highest BCUT2D eigenvalue weighted by molar-refractivity contribution is 6.06. The Morgan fingerprint density at radius 2 is 1.65 bits per heavy atom. The van der Waals surface area contributed by atoms with Crippen molar-refractivity contribution in [3.63, 3.8) is 0 Å². The minimum atomic E-state index is -0.431. The molecule has 0 unspecified atom stereocenters. The van der Waals surface area contributed by atoms with Crippen LogP contribution in [0.25, 0.3) is 0 Å². The topological polar surface area (TPSA) is 108 Å². The average molecular weight is 417 g/mol. The Bertz CT molecular complexity index is 1140. The molecule has 6 rings (SSSR count). The molecule has 9 heteroatoms. The van der Waals surface area contributed by atoms with Gasteiger partial charge in [-0.05, 0) is 29.9 Å². The van der Waals surface area contributed by atoms with Crippen LogP contribution in [0.2, 0.25) is 0 Å². The molecular weight excluding hydrogens is 398 g/mol. The van der Waals surface area contributed by atoms with Crippen LogP contribution in [-0.4, -0.2) is 33.7 Å². The van der Waals surface area contributed by atoms with Crippen molar-refractivity contribution in [1.29, 1.82) is 0 Å². The van der Waals surface area contributed by atoms with Crippen LogP contribution in [-0.2, 0) is 16.1 Å². The van der Waals surface area contributed by atoms with E-state index >= 15 is 0 Å². The Morgan fingerprint density at radius 3 is 2.39 bits per heavy atom. The highest BCUT2D eigenvalue weighted by Crippen LogP contribution is 2.60. The first-order valence-electron chi connectivity index (χ1n) is 10.4. The molecule has 2 aromatic carbocycles. The van der Waals surface area contributed by atoms with Gasteiger partial charge in [0, 0.05) is 6.07 Å². The van der Waals surface area contributed by atoms with Crippen molar-refractivity contribution in [1.82, 2.24) is 4.90 Å². The van der Waals surface area contributed by atoms with Gasteiger partial charge in [0.1, 0.15) is 5.69 Å². The van der Waals surface area contributed by atoms with Gasteiger partial charge in [0.05, 0.1) is 35.4 Å². The van der Waals surface area contributed by atoms with Crippen LogP contribution in [0.15, 0.2) is 64.9 Å². The lowest BCUT2D eigenvalue weighted by molar-refractivity contribution is -0.384. The number of carbonyl (C=O) groups is 2. The van der Waals surface area contributed by atoms with Crippen LogP contribution in [0.3, 0.4) is 0 Å². The number of likely N-dealkylation sites (tertiary alicyclic amines) is 1. The molecule has 0 spiro atoms. The second-order valence-electron chi connectivity index (χ2n) is 8.64. The number of nitro groups is 1. The van der Waals surface area contributed by atoms with Crippen molar-refractivity contribution < 1.29 is 14.5 Å². The average Bonchev–Trinajstić information content (AvgIpc) is 3.51. The number of hydrogen-bond donors (Lipinski definition) is 0. The molecule has 2 bridgehead atoms. The molecule has 0 aromatic heterocycles. The van der Waals surface area contributed by atoms with Crippen LogP contribution in [0.1, 0.15) is 12.0 Å². The third-order valence-electron chi connectivity index (χ3n) is 7.26. The van der Waals surface area contributed by atoms with Crippen LogP contribution in [0.4, 0.5) is 11.4 Å². The SMILES string of the molecule is O=C1[C@H]2[C@@H]3C[C@H]([C@@H]2C(=O)N1Cc1ccccc1)[C@@H]1[C@@H]3N=NN1c1ccccc1[N+](=O)[O-]. The van der Waals surface area contributed by atoms with Gasteiger partial charge >= 0.3 is 0 Å². The Hall–Kier alpha value is -3.62. The zero-order valence-electron chi connectivity index (χ0n) is 16.4. The molecule has 0 N–H and O–H groups in total. The fourth-order valence-corrected chi connectivity index (χ4v) is 6.09. The van der Waals surface area contributed by atoms with Crippen molar-refractivity contribution in [2.75, 3.05) is 5.01 Å². The summed E-state index contributed by atoms with van der Waals surface area (Å²) in [7, 11) is 0. The standard InChI is InChI=1S/C22H19N5O4/c28-21-17-13-10-14(18(17)22(29)25(21)11-12-6-2-1-3-7-12)20-19(13)23-24-26(20)15-8-4-5-9-16(15)27(30)31/h1-9,13-14,17-20H,10-11H2/t13-,14+,17-,18-,19+,20+/m0/s1. The van der Waals surface area contributed by atoms with Gasteiger partial charge in [0.25, 0.3) is 5.69 Å². The fraction of sp³-hybridized carbons (Fsp3) is 0.364. The van der Waals surface area contributed by atoms with Gasteiger partial charge < -0.3 is 0 Å². The number of benzene rings is 2. The minimum absolute atomic E-state index is 0.0408. The molecule has 2 saturated carbocycles. The van der Waals surface area contributed by atoms with E-state index in [1.807, 2.05) is 30.3 Å². The molecule has 2 aliphatic carbocycles. The molecule has 4 aliphatic rings. The second-order valence-corrected chi connectivity index (χ2v) is 8.64. The molecular formula is C22H19N5O4. The summed E-state index contributed by atoms with van der Waals surface area (Å²) in [5.74, 6) is -1.20. The highest BCUT2D eigenvalue weighted by atomic mass is 16.6. The predicted molar refractivity (Wildman–Crippen MR) is 109 cm³/mol. The van der Waals surface area contributed by atoms with Crippen molar-refractivity contribution in [2.24, 2.45) is 34.0 Å². The second kappa shape index (κ2) is 6.44. The summed E-state index contributed by atoms with van der Waals surface area (Å²) >= 11 is 0. The molecule has 2 heterocycles. The van der Waals surface area contributed by atoms with Crippen molar-refractivity contribution in [2.45, 2.75) is 25.0 Å². The van der Waals surface area contributed by atoms with Gasteiger partial charge in [-0.2, -0.15) is 5.11 Å². The summed E-state index contributed by atoms with van der Waals surface area (Å²) in [5, 5.41) is 21.8. The molecule has 1 saturated heterocycles. The quantitative estimate of drug-likeness (QED) is 0.432. The first kappa shape index (κ1) is 18.2. The van der Waals surface area contributed by atoms with Crippen molar-refractivity contribution in [3.8, 4) is 0 Å². The van der Waals surface area contributed by atoms with Gasteiger partial charge in [0.2, 0.25) is 11.8 Å². The molecule has 6 atom stereocenters. The number of nitro benzene ring substituents is 1. The number of imide groups is 1. The van der Waals surface area contributed by atoms with Gasteiger partial charge in [-0.1, -0.05) is 47.7 Å². The van der Waals surface area contributed by atoms with Crippen molar-refractivity contribution >= 4 is 23.2 Å². The number of amides is 2. The van der Waals surface area contributed by atoms with E-state index in [0.717, 1.165) is 12.0 Å². The van der Waals surface area contributed by atoms with Gasteiger partial charge in [0.15, 0.2) is 0 Å². The summed E-state index contributed by atoms with van der Waals surface area (Å²) in [6, 6.07) is 15.5. The van der Waals surface area contributed by atoms with Crippen LogP contribution >= 0.6 is 0 Å². The molecule has 31 heavy (non-hydrogen) atoms. The monoisotopic (exact) mass is 417 g/mol. The molecule has 9 nitrogen and oxygen atoms in total. The summed E-state index contributed by atoms with van der Waals surface area (Å²) in [5.41, 5.74) is 1.25. The van der Waals surface area contributed by atoms with Gasteiger partial charge in [-0.3, -0.25) is 24.6 Å². The van der Waals surface area contributed by atoms with Crippen LogP contribution in [0.5, 0.6) is 0 Å². The lowest BCUT2D eigenvalue weighted by Gasteiger charge is -2.33. The third-order valence-corrected chi connectivity index (χ3v) is 7.26. The number of carbonyl (C=O) groups excluding carboxylic acids is 2. The van der Waals surface area contributed by atoms with Crippen LogP contribution < -0.4 is 5.01 Å². The number of rotatable bonds is 4. The lowest BCUT2D eigenvalue weighted by atomic mass is 9.76. The third kappa shape index (κ3) is 2.43. The number of fused-ring (bicyclic) bond motifs is 8. The molecule has 2 amide bonds. The number of anilines is 1. The van der Waals surface area contributed by atoms with E-state index in [1.54, 1.807) is 23.2 Å². The van der Waals surface area contributed by atoms with E-state index in [9.17, 15) is 19.7 Å². The maximum atomic E-state index is 13.3. The smallest absolute Gasteiger partial charge is 0.278 e. The molecule has 156 valence electrons. The molecule has 2 aromatic rings. The van der Waals surface area contributed by atoms with E-state index in [1.165, 1.54) is 11.0 Å². The van der Waals surface area contributed by atoms with E-state index < -0.39 is 10.8 Å². The molecule has 2 aliphatic heterocycles. The summed E-state index contributed by atoms with van der Waals surface area (Å²) in [4.78, 5) is 39.0. The lowest BCUT2D eigenvalue weighted by Crippen LogP contribution is -2.47. The summed E-state index contributed by atoms with van der Waals surface area (Å²) < 4.78 is 0. The zero-order chi connectivity index (χ0) is 21.3. The van der Waals surface area contributed by atoms with E-state index in [4.69, 9.17) is 0 Å². The first-order valence-corrected chi connectivity index (χ1v) is 10.4. The maximum Gasteiger partial charge on any atom is 0.294 e. The Balaban J connectivity index is 1.32. The van der Waals surface area contributed by atoms with Gasteiger partial charge in [-0.15, -0.1) is 0 Å². The summed E-state index contributed by atoms with van der Waals surface area (Å²) in [6.45, 7) is 0.273. The minimum Gasteiger partial charge on any atom is -0.278 e. The Labute approximate surface area is 177 Å². The number of para-hydroxylation sites is 2.